The Bertz CT molecular complexity index is 305. The third kappa shape index (κ3) is 1.96. The van der Waals surface area contributed by atoms with Crippen molar-refractivity contribution in [3.05, 3.63) is 40.4 Å². The Morgan fingerprint density at radius 1 is 1.58 bits per heavy atom. The zero-order valence-electron chi connectivity index (χ0n) is 7.10. The van der Waals surface area contributed by atoms with Crippen molar-refractivity contribution in [2.75, 3.05) is 6.54 Å². The summed E-state index contributed by atoms with van der Waals surface area (Å²) in [5.41, 5.74) is 8.78. The summed E-state index contributed by atoms with van der Waals surface area (Å²) < 4.78 is 1.07. The highest BCUT2D eigenvalue weighted by molar-refractivity contribution is 9.10. The summed E-state index contributed by atoms with van der Waals surface area (Å²) in [5, 5.41) is 0. The van der Waals surface area contributed by atoms with E-state index in [2.05, 4.69) is 41.6 Å². The minimum Gasteiger partial charge on any atom is -0.326 e. The van der Waals surface area contributed by atoms with E-state index in [0.29, 0.717) is 6.54 Å². The summed E-state index contributed by atoms with van der Waals surface area (Å²) in [7, 11) is 0. The molecule has 12 heavy (non-hydrogen) atoms. The molecule has 1 aromatic carbocycles. The van der Waals surface area contributed by atoms with Crippen molar-refractivity contribution < 1.29 is 0 Å². The maximum Gasteiger partial charge on any atom is 0.0253 e. The summed E-state index contributed by atoms with van der Waals surface area (Å²) in [4.78, 5) is 0. The van der Waals surface area contributed by atoms with Crippen LogP contribution in [0.2, 0.25) is 0 Å². The molecule has 2 N–H and O–H groups in total. The van der Waals surface area contributed by atoms with Crippen molar-refractivity contribution in [1.82, 2.24) is 0 Å². The van der Waals surface area contributed by atoms with E-state index in [1.807, 2.05) is 6.07 Å². The molecule has 64 valence electrons. The van der Waals surface area contributed by atoms with E-state index >= 15 is 0 Å². The van der Waals surface area contributed by atoms with E-state index < -0.39 is 0 Å². The van der Waals surface area contributed by atoms with Gasteiger partial charge < -0.3 is 5.73 Å². The number of aryl methyl sites for hydroxylation is 1. The topological polar surface area (TPSA) is 26.0 Å². The summed E-state index contributed by atoms with van der Waals surface area (Å²) in [6, 6.07) is 6.16. The third-order valence-corrected chi connectivity index (χ3v) is 2.41. The van der Waals surface area contributed by atoms with Gasteiger partial charge in [0.2, 0.25) is 0 Å². The smallest absolute Gasteiger partial charge is 0.0253 e. The molecule has 0 saturated heterocycles. The number of hydrogen-bond acceptors (Lipinski definition) is 1. The van der Waals surface area contributed by atoms with Crippen LogP contribution in [0.4, 0.5) is 0 Å². The lowest BCUT2D eigenvalue weighted by atomic mass is 10.1. The van der Waals surface area contributed by atoms with Crippen LogP contribution >= 0.6 is 15.9 Å². The Morgan fingerprint density at radius 2 is 2.25 bits per heavy atom. The second-order valence-electron chi connectivity index (χ2n) is 2.79. The highest BCUT2D eigenvalue weighted by Gasteiger charge is 2.01. The Morgan fingerprint density at radius 3 is 2.75 bits per heavy atom. The molecule has 0 bridgehead atoms. The van der Waals surface area contributed by atoms with Crippen molar-refractivity contribution in [2.45, 2.75) is 6.92 Å². The predicted molar refractivity (Wildman–Crippen MR) is 57.0 cm³/mol. The molecule has 0 atom stereocenters. The van der Waals surface area contributed by atoms with E-state index in [4.69, 9.17) is 5.73 Å². The van der Waals surface area contributed by atoms with Crippen LogP contribution in [0.3, 0.4) is 0 Å². The molecule has 0 aliphatic carbocycles. The molecule has 0 aliphatic rings. The van der Waals surface area contributed by atoms with E-state index in [1.54, 1.807) is 0 Å². The second kappa shape index (κ2) is 3.87. The van der Waals surface area contributed by atoms with E-state index in [-0.39, 0.29) is 0 Å². The number of rotatable bonds is 2. The Kier molecular flexibility index (Phi) is 3.06. The molecule has 1 nitrogen and oxygen atoms in total. The van der Waals surface area contributed by atoms with Gasteiger partial charge in [-0.1, -0.05) is 34.6 Å². The van der Waals surface area contributed by atoms with Gasteiger partial charge >= 0.3 is 0 Å². The number of benzene rings is 1. The van der Waals surface area contributed by atoms with Gasteiger partial charge in [-0.25, -0.2) is 0 Å². The van der Waals surface area contributed by atoms with E-state index in [0.717, 1.165) is 15.6 Å². The van der Waals surface area contributed by atoms with Crippen molar-refractivity contribution in [2.24, 2.45) is 5.73 Å². The number of hydrogen-bond donors (Lipinski definition) is 1. The van der Waals surface area contributed by atoms with Crippen molar-refractivity contribution in [1.29, 1.82) is 0 Å². The lowest BCUT2D eigenvalue weighted by Gasteiger charge is -2.06. The van der Waals surface area contributed by atoms with Gasteiger partial charge in [-0.3, -0.25) is 0 Å². The highest BCUT2D eigenvalue weighted by Crippen LogP contribution is 2.23. The van der Waals surface area contributed by atoms with Crippen LogP contribution in [0.25, 0.3) is 5.57 Å². The third-order valence-electron chi connectivity index (χ3n) is 1.75. The highest BCUT2D eigenvalue weighted by atomic mass is 79.9. The van der Waals surface area contributed by atoms with Crippen LogP contribution in [0.1, 0.15) is 11.1 Å². The van der Waals surface area contributed by atoms with E-state index in [1.165, 1.54) is 5.56 Å². The van der Waals surface area contributed by atoms with Gasteiger partial charge in [0, 0.05) is 11.0 Å². The molecule has 1 rings (SSSR count). The quantitative estimate of drug-likeness (QED) is 0.824. The molecule has 2 heteroatoms. The van der Waals surface area contributed by atoms with E-state index in [9.17, 15) is 0 Å². The maximum atomic E-state index is 5.49. The first-order valence-electron chi connectivity index (χ1n) is 3.79. The van der Waals surface area contributed by atoms with Crippen LogP contribution in [-0.4, -0.2) is 6.54 Å². The average Bonchev–Trinajstić information content (AvgIpc) is 2.03. The standard InChI is InChI=1S/C10H12BrN/c1-7-3-4-9(8(2)6-12)10(11)5-7/h3-5H,2,6,12H2,1H3. The zero-order chi connectivity index (χ0) is 9.14. The van der Waals surface area contributed by atoms with Crippen LogP contribution in [-0.2, 0) is 0 Å². The van der Waals surface area contributed by atoms with Crippen LogP contribution in [0.5, 0.6) is 0 Å². The second-order valence-corrected chi connectivity index (χ2v) is 3.65. The summed E-state index contributed by atoms with van der Waals surface area (Å²) in [6.45, 7) is 6.44. The molecule has 0 heterocycles. The molecule has 0 fully saturated rings. The molecule has 0 amide bonds. The first-order valence-corrected chi connectivity index (χ1v) is 4.59. The monoisotopic (exact) mass is 225 g/mol. The molecule has 0 unspecified atom stereocenters. The van der Waals surface area contributed by atoms with Gasteiger partial charge in [0.15, 0.2) is 0 Å². The molecule has 0 saturated carbocycles. The fourth-order valence-corrected chi connectivity index (χ4v) is 1.79. The van der Waals surface area contributed by atoms with Gasteiger partial charge in [-0.05, 0) is 29.7 Å². The summed E-state index contributed by atoms with van der Waals surface area (Å²) in [6.07, 6.45) is 0. The molecule has 0 spiro atoms. The lowest BCUT2D eigenvalue weighted by Crippen LogP contribution is -2.01. The largest absolute Gasteiger partial charge is 0.326 e. The minimum absolute atomic E-state index is 0.502. The molecule has 0 aliphatic heterocycles. The van der Waals surface area contributed by atoms with Crippen LogP contribution in [0, 0.1) is 6.92 Å². The van der Waals surface area contributed by atoms with Crippen molar-refractivity contribution in [3.8, 4) is 0 Å². The van der Waals surface area contributed by atoms with Crippen LogP contribution in [0.15, 0.2) is 29.3 Å². The molecule has 0 aromatic heterocycles. The number of halogens is 1. The number of nitrogens with two attached hydrogens (primary N) is 1. The molecule has 0 radical (unpaired) electrons. The lowest BCUT2D eigenvalue weighted by molar-refractivity contribution is 1.26. The van der Waals surface area contributed by atoms with Crippen molar-refractivity contribution in [3.63, 3.8) is 0 Å². The van der Waals surface area contributed by atoms with Gasteiger partial charge in [0.25, 0.3) is 0 Å². The average molecular weight is 226 g/mol. The predicted octanol–water partition coefficient (Wildman–Crippen LogP) is 2.73. The SMILES string of the molecule is C=C(CN)c1ccc(C)cc1Br. The Hall–Kier alpha value is -0.600. The van der Waals surface area contributed by atoms with Gasteiger partial charge in [0.05, 0.1) is 0 Å². The Labute approximate surface area is 81.4 Å². The van der Waals surface area contributed by atoms with Gasteiger partial charge in [-0.2, -0.15) is 0 Å². The van der Waals surface area contributed by atoms with Gasteiger partial charge in [-0.15, -0.1) is 0 Å². The fraction of sp³-hybridized carbons (Fsp3) is 0.200. The summed E-state index contributed by atoms with van der Waals surface area (Å²) >= 11 is 3.47. The maximum absolute atomic E-state index is 5.49. The van der Waals surface area contributed by atoms with Gasteiger partial charge in [0.1, 0.15) is 0 Å². The first kappa shape index (κ1) is 9.49. The molecule has 1 aromatic rings. The first-order chi connectivity index (χ1) is 5.65. The molecular weight excluding hydrogens is 214 g/mol. The Balaban J connectivity index is 3.09. The normalized spacial score (nSPS) is 9.92. The van der Waals surface area contributed by atoms with Crippen molar-refractivity contribution >= 4 is 21.5 Å². The summed E-state index contributed by atoms with van der Waals surface area (Å²) in [5.74, 6) is 0. The van der Waals surface area contributed by atoms with Crippen LogP contribution < -0.4 is 5.73 Å². The zero-order valence-corrected chi connectivity index (χ0v) is 8.69. The fourth-order valence-electron chi connectivity index (χ4n) is 1.02. The minimum atomic E-state index is 0.502. The molecular formula is C10H12BrN.